The molecule has 0 saturated carbocycles. The van der Waals surface area contributed by atoms with Crippen molar-refractivity contribution in [3.63, 3.8) is 0 Å². The van der Waals surface area contributed by atoms with E-state index in [9.17, 15) is 0 Å². The van der Waals surface area contributed by atoms with Gasteiger partial charge in [-0.2, -0.15) is 10.4 Å². The van der Waals surface area contributed by atoms with E-state index < -0.39 is 0 Å². The molecule has 0 atom stereocenters. The topological polar surface area (TPSA) is 76.9 Å². The van der Waals surface area contributed by atoms with Crippen LogP contribution in [0.1, 0.15) is 18.9 Å². The summed E-state index contributed by atoms with van der Waals surface area (Å²) in [5, 5.41) is 12.9. The first kappa shape index (κ1) is 13.0. The molecule has 5 heteroatoms. The Balaban J connectivity index is 2.14. The molecule has 2 rings (SSSR count). The van der Waals surface area contributed by atoms with E-state index in [1.165, 1.54) is 0 Å². The van der Waals surface area contributed by atoms with Gasteiger partial charge in [-0.25, -0.2) is 0 Å². The van der Waals surface area contributed by atoms with Crippen molar-refractivity contribution in [1.82, 2.24) is 9.78 Å². The molecular weight excluding hydrogens is 240 g/mol. The molecule has 98 valence electrons. The van der Waals surface area contributed by atoms with Gasteiger partial charge in [0.05, 0.1) is 24.9 Å². The minimum atomic E-state index is 0.276. The summed E-state index contributed by atoms with van der Waals surface area (Å²) in [6.45, 7) is 2.96. The summed E-state index contributed by atoms with van der Waals surface area (Å²) in [6.07, 6.45) is 4.83. The maximum atomic E-state index is 8.73. The standard InChI is InChI=1S/C14H16N4O/c1-2-7-18-10-13(9-17-18)19-12-3-4-14(16)11(8-12)5-6-15/h3-4,8-10H,2,5,7,16H2,1H3. The van der Waals surface area contributed by atoms with Gasteiger partial charge in [0.15, 0.2) is 5.75 Å². The average molecular weight is 256 g/mol. The van der Waals surface area contributed by atoms with Crippen LogP contribution in [0.3, 0.4) is 0 Å². The van der Waals surface area contributed by atoms with Crippen molar-refractivity contribution in [3.8, 4) is 17.6 Å². The van der Waals surface area contributed by atoms with E-state index in [4.69, 9.17) is 15.7 Å². The van der Waals surface area contributed by atoms with Crippen LogP contribution in [-0.4, -0.2) is 9.78 Å². The van der Waals surface area contributed by atoms with Gasteiger partial charge >= 0.3 is 0 Å². The van der Waals surface area contributed by atoms with Crippen LogP contribution in [0.25, 0.3) is 0 Å². The predicted molar refractivity (Wildman–Crippen MR) is 72.8 cm³/mol. The van der Waals surface area contributed by atoms with E-state index >= 15 is 0 Å². The highest BCUT2D eigenvalue weighted by Gasteiger charge is 2.04. The third-order valence-corrected chi connectivity index (χ3v) is 2.68. The number of aryl methyl sites for hydroxylation is 1. The summed E-state index contributed by atoms with van der Waals surface area (Å²) in [4.78, 5) is 0. The lowest BCUT2D eigenvalue weighted by molar-refractivity contribution is 0.480. The Labute approximate surface area is 112 Å². The molecule has 0 aliphatic carbocycles. The molecule has 0 aliphatic rings. The van der Waals surface area contributed by atoms with E-state index in [1.807, 2.05) is 10.9 Å². The van der Waals surface area contributed by atoms with Gasteiger partial charge in [0.2, 0.25) is 0 Å². The summed E-state index contributed by atoms with van der Waals surface area (Å²) in [7, 11) is 0. The van der Waals surface area contributed by atoms with Crippen molar-refractivity contribution >= 4 is 5.69 Å². The third kappa shape index (κ3) is 3.26. The van der Waals surface area contributed by atoms with Gasteiger partial charge in [0.1, 0.15) is 5.75 Å². The van der Waals surface area contributed by atoms with Gasteiger partial charge in [-0.1, -0.05) is 6.92 Å². The van der Waals surface area contributed by atoms with Gasteiger partial charge in [-0.05, 0) is 30.2 Å². The van der Waals surface area contributed by atoms with Crippen molar-refractivity contribution < 1.29 is 4.74 Å². The fourth-order valence-corrected chi connectivity index (χ4v) is 1.77. The molecular formula is C14H16N4O. The second kappa shape index (κ2) is 5.91. The Morgan fingerprint density at radius 2 is 2.26 bits per heavy atom. The van der Waals surface area contributed by atoms with Crippen LogP contribution >= 0.6 is 0 Å². The van der Waals surface area contributed by atoms with Crippen LogP contribution in [0.2, 0.25) is 0 Å². The first-order valence-electron chi connectivity index (χ1n) is 6.18. The molecule has 5 nitrogen and oxygen atoms in total. The Morgan fingerprint density at radius 3 is 3.00 bits per heavy atom. The zero-order chi connectivity index (χ0) is 13.7. The van der Waals surface area contributed by atoms with Crippen LogP contribution in [0.15, 0.2) is 30.6 Å². The Hall–Kier alpha value is -2.48. The van der Waals surface area contributed by atoms with Crippen molar-refractivity contribution in [2.75, 3.05) is 5.73 Å². The molecule has 0 fully saturated rings. The summed E-state index contributed by atoms with van der Waals surface area (Å²) in [5.74, 6) is 1.34. The lowest BCUT2D eigenvalue weighted by atomic mass is 10.1. The van der Waals surface area contributed by atoms with E-state index in [-0.39, 0.29) is 6.42 Å². The Morgan fingerprint density at radius 1 is 1.42 bits per heavy atom. The maximum absolute atomic E-state index is 8.73. The van der Waals surface area contributed by atoms with Gasteiger partial charge in [-0.15, -0.1) is 0 Å². The molecule has 0 amide bonds. The lowest BCUT2D eigenvalue weighted by Gasteiger charge is -2.06. The molecule has 1 aromatic carbocycles. The molecule has 0 radical (unpaired) electrons. The molecule has 0 unspecified atom stereocenters. The maximum Gasteiger partial charge on any atom is 0.165 e. The fourth-order valence-electron chi connectivity index (χ4n) is 1.77. The van der Waals surface area contributed by atoms with E-state index in [2.05, 4.69) is 18.1 Å². The Bertz CT molecular complexity index is 598. The summed E-state index contributed by atoms with van der Waals surface area (Å²) in [6, 6.07) is 7.41. The second-order valence-corrected chi connectivity index (χ2v) is 4.24. The molecule has 0 spiro atoms. The Kier molecular flexibility index (Phi) is 4.04. The number of nitrogens with two attached hydrogens (primary N) is 1. The van der Waals surface area contributed by atoms with Gasteiger partial charge in [-0.3, -0.25) is 4.68 Å². The quantitative estimate of drug-likeness (QED) is 0.834. The van der Waals surface area contributed by atoms with Gasteiger partial charge in [0.25, 0.3) is 0 Å². The van der Waals surface area contributed by atoms with Crippen molar-refractivity contribution in [3.05, 3.63) is 36.2 Å². The van der Waals surface area contributed by atoms with Gasteiger partial charge in [0, 0.05) is 12.2 Å². The van der Waals surface area contributed by atoms with E-state index in [1.54, 1.807) is 24.4 Å². The lowest BCUT2D eigenvalue weighted by Crippen LogP contribution is -1.95. The molecule has 0 bridgehead atoms. The van der Waals surface area contributed by atoms with Crippen LogP contribution in [-0.2, 0) is 13.0 Å². The first-order valence-corrected chi connectivity index (χ1v) is 6.18. The third-order valence-electron chi connectivity index (χ3n) is 2.68. The summed E-state index contributed by atoms with van der Waals surface area (Å²) >= 11 is 0. The van der Waals surface area contributed by atoms with Crippen LogP contribution in [0.5, 0.6) is 11.5 Å². The predicted octanol–water partition coefficient (Wildman–Crippen LogP) is 2.73. The minimum Gasteiger partial charge on any atom is -0.454 e. The molecule has 1 aromatic heterocycles. The average Bonchev–Trinajstić information content (AvgIpc) is 2.82. The number of rotatable bonds is 5. The number of aromatic nitrogens is 2. The number of hydrogen-bond acceptors (Lipinski definition) is 4. The van der Waals surface area contributed by atoms with Crippen LogP contribution in [0.4, 0.5) is 5.69 Å². The monoisotopic (exact) mass is 256 g/mol. The number of nitriles is 1. The zero-order valence-electron chi connectivity index (χ0n) is 10.8. The number of nitrogens with zero attached hydrogens (tertiary/aromatic N) is 3. The van der Waals surface area contributed by atoms with E-state index in [0.717, 1.165) is 18.5 Å². The smallest absolute Gasteiger partial charge is 0.165 e. The number of ether oxygens (including phenoxy) is 1. The number of benzene rings is 1. The van der Waals surface area contributed by atoms with Crippen LogP contribution < -0.4 is 10.5 Å². The van der Waals surface area contributed by atoms with Crippen LogP contribution in [0, 0.1) is 11.3 Å². The molecule has 1 heterocycles. The fraction of sp³-hybridized carbons (Fsp3) is 0.286. The van der Waals surface area contributed by atoms with Crippen molar-refractivity contribution in [2.24, 2.45) is 0 Å². The van der Waals surface area contributed by atoms with Gasteiger partial charge < -0.3 is 10.5 Å². The number of anilines is 1. The molecule has 2 N–H and O–H groups in total. The van der Waals surface area contributed by atoms with E-state index in [0.29, 0.717) is 17.2 Å². The highest BCUT2D eigenvalue weighted by atomic mass is 16.5. The molecule has 2 aromatic rings. The summed E-state index contributed by atoms with van der Waals surface area (Å²) < 4.78 is 7.54. The second-order valence-electron chi connectivity index (χ2n) is 4.24. The normalized spacial score (nSPS) is 10.1. The minimum absolute atomic E-state index is 0.276. The number of nitrogen functional groups attached to an aromatic ring is 1. The van der Waals surface area contributed by atoms with Crippen molar-refractivity contribution in [1.29, 1.82) is 5.26 Å². The first-order chi connectivity index (χ1) is 9.22. The molecule has 0 aliphatic heterocycles. The largest absolute Gasteiger partial charge is 0.454 e. The SMILES string of the molecule is CCCn1cc(Oc2ccc(N)c(CC#N)c2)cn1. The van der Waals surface area contributed by atoms with Crippen molar-refractivity contribution in [2.45, 2.75) is 26.3 Å². The molecule has 19 heavy (non-hydrogen) atoms. The highest BCUT2D eigenvalue weighted by molar-refractivity contribution is 5.52. The number of hydrogen-bond donors (Lipinski definition) is 1. The molecule has 0 saturated heterocycles. The zero-order valence-corrected chi connectivity index (χ0v) is 10.8. The highest BCUT2D eigenvalue weighted by Crippen LogP contribution is 2.25. The summed E-state index contributed by atoms with van der Waals surface area (Å²) in [5.41, 5.74) is 7.18.